The van der Waals surface area contributed by atoms with Gasteiger partial charge in [-0.2, -0.15) is 0 Å². The van der Waals surface area contributed by atoms with Crippen molar-refractivity contribution in [1.82, 2.24) is 15.0 Å². The highest BCUT2D eigenvalue weighted by molar-refractivity contribution is 7.98. The molecule has 0 fully saturated rings. The molecule has 6 heteroatoms. The van der Waals surface area contributed by atoms with Gasteiger partial charge in [0, 0.05) is 36.4 Å². The minimum Gasteiger partial charge on any atom is -0.481 e. The number of thioether (sulfide) groups is 1. The predicted octanol–water partition coefficient (Wildman–Crippen LogP) is 4.65. The smallest absolute Gasteiger partial charge is 0.255 e. The number of aromatic nitrogens is 3. The lowest BCUT2D eigenvalue weighted by atomic mass is 10.0. The molecule has 0 unspecified atom stereocenters. The third kappa shape index (κ3) is 5.61. The van der Waals surface area contributed by atoms with E-state index in [1.54, 1.807) is 13.3 Å². The first-order chi connectivity index (χ1) is 15.2. The summed E-state index contributed by atoms with van der Waals surface area (Å²) in [5.41, 5.74) is 4.62. The number of benzene rings is 2. The van der Waals surface area contributed by atoms with Crippen molar-refractivity contribution in [1.29, 1.82) is 0 Å². The van der Waals surface area contributed by atoms with Crippen molar-refractivity contribution in [2.24, 2.45) is 0 Å². The van der Waals surface area contributed by atoms with Crippen LogP contribution < -0.4 is 10.3 Å². The second kappa shape index (κ2) is 10.1. The van der Waals surface area contributed by atoms with Crippen LogP contribution in [0.25, 0.3) is 0 Å². The van der Waals surface area contributed by atoms with Gasteiger partial charge >= 0.3 is 0 Å². The molecule has 0 saturated carbocycles. The monoisotopic (exact) mass is 429 g/mol. The van der Waals surface area contributed by atoms with E-state index < -0.39 is 0 Å². The lowest BCUT2D eigenvalue weighted by Crippen LogP contribution is -2.19. The molecule has 0 bridgehead atoms. The van der Waals surface area contributed by atoms with Gasteiger partial charge < -0.3 is 9.72 Å². The van der Waals surface area contributed by atoms with Gasteiger partial charge in [-0.05, 0) is 22.8 Å². The third-order valence-electron chi connectivity index (χ3n) is 4.90. The number of rotatable bonds is 8. The van der Waals surface area contributed by atoms with Crippen LogP contribution in [-0.2, 0) is 18.6 Å². The van der Waals surface area contributed by atoms with E-state index in [4.69, 9.17) is 9.72 Å². The molecule has 0 aliphatic carbocycles. The standard InChI is InChI=1S/C25H23N3O2S/c1-30-23-16-20(12-13-26-23)14-21-22(15-18-8-4-2-5-9-18)27-25(28-24(21)29)31-17-19-10-6-3-7-11-19/h2-13,16H,14-15,17H2,1H3,(H,27,28,29). The zero-order valence-electron chi connectivity index (χ0n) is 17.2. The molecule has 4 aromatic rings. The Balaban J connectivity index is 1.65. The lowest BCUT2D eigenvalue weighted by molar-refractivity contribution is 0.397. The topological polar surface area (TPSA) is 67.9 Å². The molecule has 0 spiro atoms. The highest BCUT2D eigenvalue weighted by atomic mass is 32.2. The summed E-state index contributed by atoms with van der Waals surface area (Å²) >= 11 is 1.54. The number of methoxy groups -OCH3 is 1. The quantitative estimate of drug-likeness (QED) is 0.326. The minimum atomic E-state index is -0.104. The summed E-state index contributed by atoms with van der Waals surface area (Å²) < 4.78 is 5.23. The average molecular weight is 430 g/mol. The first-order valence-corrected chi connectivity index (χ1v) is 11.0. The summed E-state index contributed by atoms with van der Waals surface area (Å²) in [6.07, 6.45) is 2.75. The van der Waals surface area contributed by atoms with Crippen molar-refractivity contribution in [3.05, 3.63) is 117 Å². The van der Waals surface area contributed by atoms with Crippen molar-refractivity contribution in [2.45, 2.75) is 23.8 Å². The zero-order chi connectivity index (χ0) is 21.5. The van der Waals surface area contributed by atoms with E-state index in [1.165, 1.54) is 17.3 Å². The van der Waals surface area contributed by atoms with Crippen molar-refractivity contribution >= 4 is 11.8 Å². The molecular formula is C25H23N3O2S. The lowest BCUT2D eigenvalue weighted by Gasteiger charge is -2.11. The number of pyridine rings is 1. The third-order valence-corrected chi connectivity index (χ3v) is 5.85. The Hall–Kier alpha value is -3.38. The Morgan fingerprint density at radius 1 is 0.903 bits per heavy atom. The van der Waals surface area contributed by atoms with Gasteiger partial charge in [-0.15, -0.1) is 0 Å². The Labute approximate surface area is 185 Å². The molecule has 0 amide bonds. The fourth-order valence-corrected chi connectivity index (χ4v) is 4.15. The normalized spacial score (nSPS) is 10.7. The van der Waals surface area contributed by atoms with Gasteiger partial charge in [-0.3, -0.25) is 4.79 Å². The molecule has 31 heavy (non-hydrogen) atoms. The molecule has 2 heterocycles. The number of aromatic amines is 1. The summed E-state index contributed by atoms with van der Waals surface area (Å²) in [6, 6.07) is 24.0. The summed E-state index contributed by atoms with van der Waals surface area (Å²) in [5.74, 6) is 1.27. The highest BCUT2D eigenvalue weighted by Gasteiger charge is 2.14. The van der Waals surface area contributed by atoms with Crippen molar-refractivity contribution in [2.75, 3.05) is 7.11 Å². The molecule has 2 aromatic carbocycles. The van der Waals surface area contributed by atoms with E-state index in [2.05, 4.69) is 34.2 Å². The number of nitrogens with zero attached hydrogens (tertiary/aromatic N) is 2. The van der Waals surface area contributed by atoms with Crippen LogP contribution in [0, 0.1) is 0 Å². The van der Waals surface area contributed by atoms with Gasteiger partial charge in [0.1, 0.15) is 0 Å². The average Bonchev–Trinajstić information content (AvgIpc) is 2.81. The molecule has 0 saturated heterocycles. The van der Waals surface area contributed by atoms with E-state index >= 15 is 0 Å². The van der Waals surface area contributed by atoms with Crippen molar-refractivity contribution in [3.63, 3.8) is 0 Å². The van der Waals surface area contributed by atoms with Gasteiger partial charge in [0.2, 0.25) is 5.88 Å². The van der Waals surface area contributed by atoms with Crippen LogP contribution in [0.15, 0.2) is 88.9 Å². The predicted molar refractivity (Wildman–Crippen MR) is 124 cm³/mol. The zero-order valence-corrected chi connectivity index (χ0v) is 18.1. The van der Waals surface area contributed by atoms with Gasteiger partial charge in [0.25, 0.3) is 5.56 Å². The Kier molecular flexibility index (Phi) is 6.79. The molecule has 0 aliphatic heterocycles. The largest absolute Gasteiger partial charge is 0.481 e. The van der Waals surface area contributed by atoms with Crippen LogP contribution in [0.4, 0.5) is 0 Å². The molecule has 0 atom stereocenters. The van der Waals surface area contributed by atoms with Crippen LogP contribution in [0.1, 0.15) is 27.9 Å². The Morgan fingerprint density at radius 3 is 2.32 bits per heavy atom. The van der Waals surface area contributed by atoms with Crippen molar-refractivity contribution < 1.29 is 4.74 Å². The molecule has 2 aromatic heterocycles. The van der Waals surface area contributed by atoms with Gasteiger partial charge in [-0.25, -0.2) is 9.97 Å². The fourth-order valence-electron chi connectivity index (χ4n) is 3.31. The van der Waals surface area contributed by atoms with Crippen LogP contribution in [0.3, 0.4) is 0 Å². The number of hydrogen-bond donors (Lipinski definition) is 1. The van der Waals surface area contributed by atoms with Crippen LogP contribution in [0.2, 0.25) is 0 Å². The first-order valence-electron chi connectivity index (χ1n) is 10.0. The van der Waals surface area contributed by atoms with Gasteiger partial charge in [-0.1, -0.05) is 72.4 Å². The maximum absolute atomic E-state index is 13.1. The highest BCUT2D eigenvalue weighted by Crippen LogP contribution is 2.21. The van der Waals surface area contributed by atoms with E-state index in [9.17, 15) is 4.79 Å². The van der Waals surface area contributed by atoms with Crippen molar-refractivity contribution in [3.8, 4) is 5.88 Å². The van der Waals surface area contributed by atoms with E-state index in [-0.39, 0.29) is 5.56 Å². The number of nitrogens with one attached hydrogen (secondary N) is 1. The second-order valence-electron chi connectivity index (χ2n) is 7.12. The maximum atomic E-state index is 13.1. The summed E-state index contributed by atoms with van der Waals surface area (Å²) in [5, 5.41) is 0.635. The molecule has 5 nitrogen and oxygen atoms in total. The van der Waals surface area contributed by atoms with Crippen LogP contribution in [0.5, 0.6) is 5.88 Å². The summed E-state index contributed by atoms with van der Waals surface area (Å²) in [7, 11) is 1.58. The molecule has 156 valence electrons. The molecule has 0 radical (unpaired) electrons. The van der Waals surface area contributed by atoms with E-state index in [0.717, 1.165) is 22.6 Å². The van der Waals surface area contributed by atoms with E-state index in [1.807, 2.05) is 48.5 Å². The number of ether oxygens (including phenoxy) is 1. The summed E-state index contributed by atoms with van der Waals surface area (Å²) in [6.45, 7) is 0. The summed E-state index contributed by atoms with van der Waals surface area (Å²) in [4.78, 5) is 25.0. The first kappa shape index (κ1) is 20.9. The fraction of sp³-hybridized carbons (Fsp3) is 0.160. The minimum absolute atomic E-state index is 0.104. The van der Waals surface area contributed by atoms with Crippen LogP contribution in [-0.4, -0.2) is 22.1 Å². The molecular weight excluding hydrogens is 406 g/mol. The van der Waals surface area contributed by atoms with Gasteiger partial charge in [0.05, 0.1) is 12.8 Å². The van der Waals surface area contributed by atoms with Crippen LogP contribution >= 0.6 is 11.8 Å². The second-order valence-corrected chi connectivity index (χ2v) is 8.08. The SMILES string of the molecule is COc1cc(Cc2c(Cc3ccccc3)nc(SCc3ccccc3)[nH]c2=O)ccn1. The molecule has 1 N–H and O–H groups in total. The molecule has 0 aliphatic rings. The number of hydrogen-bond acceptors (Lipinski definition) is 5. The maximum Gasteiger partial charge on any atom is 0.255 e. The van der Waals surface area contributed by atoms with E-state index in [0.29, 0.717) is 29.4 Å². The Bertz CT molecular complexity index is 1190. The van der Waals surface area contributed by atoms with Gasteiger partial charge in [0.15, 0.2) is 5.16 Å². The molecule has 4 rings (SSSR count). The number of H-pyrrole nitrogens is 1. The Morgan fingerprint density at radius 2 is 1.61 bits per heavy atom.